The number of halogens is 2. The van der Waals surface area contributed by atoms with E-state index in [2.05, 4.69) is 67.9 Å². The summed E-state index contributed by atoms with van der Waals surface area (Å²) < 4.78 is 2.24. The maximum Gasteiger partial charge on any atom is 0.161 e. The van der Waals surface area contributed by atoms with Gasteiger partial charge < -0.3 is 5.32 Å². The molecule has 1 saturated carbocycles. The zero-order valence-electron chi connectivity index (χ0n) is 11.2. The Labute approximate surface area is 140 Å². The second kappa shape index (κ2) is 5.97. The molecule has 1 aliphatic rings. The van der Waals surface area contributed by atoms with Crippen molar-refractivity contribution in [2.24, 2.45) is 0 Å². The number of aromatic nitrogens is 2. The number of nitrogens with zero attached hydrogens (tertiary/aromatic N) is 2. The molecule has 1 aliphatic carbocycles. The van der Waals surface area contributed by atoms with Crippen molar-refractivity contribution < 1.29 is 0 Å². The fraction of sp³-hybridized carbons (Fsp3) is 0.333. The number of benzene rings is 1. The van der Waals surface area contributed by atoms with E-state index in [9.17, 15) is 0 Å². The van der Waals surface area contributed by atoms with Crippen LogP contribution >= 0.6 is 38.5 Å². The van der Waals surface area contributed by atoms with Crippen LogP contribution in [-0.2, 0) is 0 Å². The van der Waals surface area contributed by atoms with Crippen LogP contribution in [0.2, 0.25) is 0 Å². The van der Waals surface area contributed by atoms with Crippen molar-refractivity contribution in [3.63, 3.8) is 0 Å². The van der Waals surface area contributed by atoms with Gasteiger partial charge in [-0.2, -0.15) is 0 Å². The first-order chi connectivity index (χ1) is 9.69. The summed E-state index contributed by atoms with van der Waals surface area (Å²) in [6, 6.07) is 8.16. The minimum absolute atomic E-state index is 0.622. The maximum absolute atomic E-state index is 4.80. The first kappa shape index (κ1) is 14.3. The minimum atomic E-state index is 0.622. The Morgan fingerprint density at radius 3 is 2.55 bits per heavy atom. The van der Waals surface area contributed by atoms with E-state index in [1.165, 1.54) is 22.1 Å². The van der Waals surface area contributed by atoms with E-state index >= 15 is 0 Å². The molecule has 20 heavy (non-hydrogen) atoms. The Morgan fingerprint density at radius 2 is 1.95 bits per heavy atom. The first-order valence-electron chi connectivity index (χ1n) is 6.76. The summed E-state index contributed by atoms with van der Waals surface area (Å²) in [5.41, 5.74) is 2.26. The number of anilines is 1. The van der Waals surface area contributed by atoms with Crippen molar-refractivity contribution in [3.05, 3.63) is 38.0 Å². The molecule has 1 N–H and O–H groups in total. The highest BCUT2D eigenvalue weighted by molar-refractivity contribution is 14.1. The second-order valence-corrected chi connectivity index (χ2v) is 6.90. The van der Waals surface area contributed by atoms with Gasteiger partial charge in [0.2, 0.25) is 0 Å². The zero-order chi connectivity index (χ0) is 14.1. The average Bonchev–Trinajstić information content (AvgIpc) is 3.27. The molecule has 0 aliphatic heterocycles. The molecule has 0 unspecified atom stereocenters. The van der Waals surface area contributed by atoms with Crippen molar-refractivity contribution >= 4 is 44.3 Å². The molecule has 3 nitrogen and oxygen atoms in total. The molecule has 0 amide bonds. The molecule has 0 bridgehead atoms. The summed E-state index contributed by atoms with van der Waals surface area (Å²) in [7, 11) is 0. The molecule has 104 valence electrons. The fourth-order valence-corrected chi connectivity index (χ4v) is 3.24. The molecule has 2 aromatic rings. The number of hydrogen-bond donors (Lipinski definition) is 1. The lowest BCUT2D eigenvalue weighted by molar-refractivity contribution is 0.972. The summed E-state index contributed by atoms with van der Waals surface area (Å²) in [6.07, 6.45) is 2.50. The highest BCUT2D eigenvalue weighted by atomic mass is 127. The van der Waals surface area contributed by atoms with Crippen molar-refractivity contribution in [2.75, 3.05) is 11.9 Å². The molecule has 3 rings (SSSR count). The molecule has 1 fully saturated rings. The summed E-state index contributed by atoms with van der Waals surface area (Å²) in [4.78, 5) is 9.49. The SMILES string of the molecule is CCNc1nc(-c2ccc(Br)cc2)nc(C2CC2)c1I. The van der Waals surface area contributed by atoms with Crippen molar-refractivity contribution in [1.82, 2.24) is 9.97 Å². The van der Waals surface area contributed by atoms with E-state index in [1.807, 2.05) is 12.1 Å². The van der Waals surface area contributed by atoms with E-state index in [0.29, 0.717) is 5.92 Å². The van der Waals surface area contributed by atoms with Crippen LogP contribution in [0.4, 0.5) is 5.82 Å². The number of nitrogens with one attached hydrogen (secondary N) is 1. The van der Waals surface area contributed by atoms with Gasteiger partial charge >= 0.3 is 0 Å². The van der Waals surface area contributed by atoms with Crippen molar-refractivity contribution in [2.45, 2.75) is 25.7 Å². The van der Waals surface area contributed by atoms with Crippen LogP contribution in [0.5, 0.6) is 0 Å². The molecule has 1 heterocycles. The van der Waals surface area contributed by atoms with E-state index in [-0.39, 0.29) is 0 Å². The topological polar surface area (TPSA) is 37.8 Å². The van der Waals surface area contributed by atoms with Gasteiger partial charge in [-0.25, -0.2) is 9.97 Å². The minimum Gasteiger partial charge on any atom is -0.369 e. The van der Waals surface area contributed by atoms with Gasteiger partial charge in [0.15, 0.2) is 5.82 Å². The van der Waals surface area contributed by atoms with E-state index in [0.717, 1.165) is 28.2 Å². The van der Waals surface area contributed by atoms with Crippen LogP contribution < -0.4 is 5.32 Å². The Hall–Kier alpha value is -0.690. The third-order valence-corrected chi connectivity index (χ3v) is 4.88. The molecule has 1 aromatic carbocycles. The first-order valence-corrected chi connectivity index (χ1v) is 8.63. The van der Waals surface area contributed by atoms with Gasteiger partial charge in [-0.3, -0.25) is 0 Å². The monoisotopic (exact) mass is 443 g/mol. The van der Waals surface area contributed by atoms with Gasteiger partial charge in [0.25, 0.3) is 0 Å². The predicted octanol–water partition coefficient (Wildman–Crippen LogP) is 4.82. The largest absolute Gasteiger partial charge is 0.369 e. The second-order valence-electron chi connectivity index (χ2n) is 4.91. The van der Waals surface area contributed by atoms with Crippen LogP contribution in [0.25, 0.3) is 11.4 Å². The number of rotatable bonds is 4. The lowest BCUT2D eigenvalue weighted by Crippen LogP contribution is -2.07. The predicted molar refractivity (Wildman–Crippen MR) is 94.0 cm³/mol. The summed E-state index contributed by atoms with van der Waals surface area (Å²) >= 11 is 5.83. The standard InChI is InChI=1S/C15H15BrIN3/c1-2-18-15-12(17)13(9-3-4-9)19-14(20-15)10-5-7-11(16)8-6-10/h5-9H,2-4H2,1H3,(H,18,19,20). The van der Waals surface area contributed by atoms with E-state index in [1.54, 1.807) is 0 Å². The van der Waals surface area contributed by atoms with Gasteiger partial charge in [0.05, 0.1) is 9.26 Å². The summed E-state index contributed by atoms with van der Waals surface area (Å²) in [5, 5.41) is 3.35. The smallest absolute Gasteiger partial charge is 0.161 e. The zero-order valence-corrected chi connectivity index (χ0v) is 14.9. The van der Waals surface area contributed by atoms with Gasteiger partial charge in [0.1, 0.15) is 5.82 Å². The Bertz CT molecular complexity index is 624. The average molecular weight is 444 g/mol. The van der Waals surface area contributed by atoms with Gasteiger partial charge in [-0.1, -0.05) is 28.1 Å². The molecule has 0 radical (unpaired) electrons. The summed E-state index contributed by atoms with van der Waals surface area (Å²) in [6.45, 7) is 2.96. The maximum atomic E-state index is 4.80. The molecular formula is C15H15BrIN3. The molecule has 0 saturated heterocycles. The van der Waals surface area contributed by atoms with Crippen LogP contribution in [0.3, 0.4) is 0 Å². The van der Waals surface area contributed by atoms with Crippen LogP contribution in [0, 0.1) is 3.57 Å². The number of hydrogen-bond acceptors (Lipinski definition) is 3. The Balaban J connectivity index is 2.07. The molecular weight excluding hydrogens is 429 g/mol. The highest BCUT2D eigenvalue weighted by Gasteiger charge is 2.29. The normalized spacial score (nSPS) is 14.3. The van der Waals surface area contributed by atoms with E-state index < -0.39 is 0 Å². The van der Waals surface area contributed by atoms with Crippen LogP contribution in [0.15, 0.2) is 28.7 Å². The highest BCUT2D eigenvalue weighted by Crippen LogP contribution is 2.42. The lowest BCUT2D eigenvalue weighted by atomic mass is 10.2. The Kier molecular flexibility index (Phi) is 4.26. The fourth-order valence-electron chi connectivity index (χ4n) is 2.10. The molecule has 0 spiro atoms. The quantitative estimate of drug-likeness (QED) is 0.688. The molecule has 1 aromatic heterocycles. The molecule has 5 heteroatoms. The summed E-state index contributed by atoms with van der Waals surface area (Å²) in [5.74, 6) is 2.40. The van der Waals surface area contributed by atoms with Gasteiger partial charge in [-0.05, 0) is 54.5 Å². The van der Waals surface area contributed by atoms with Gasteiger partial charge in [0, 0.05) is 22.5 Å². The lowest BCUT2D eigenvalue weighted by Gasteiger charge is -2.12. The van der Waals surface area contributed by atoms with Gasteiger partial charge in [-0.15, -0.1) is 0 Å². The van der Waals surface area contributed by atoms with Crippen LogP contribution in [-0.4, -0.2) is 16.5 Å². The Morgan fingerprint density at radius 1 is 1.25 bits per heavy atom. The van der Waals surface area contributed by atoms with Crippen LogP contribution in [0.1, 0.15) is 31.4 Å². The van der Waals surface area contributed by atoms with Crippen molar-refractivity contribution in [3.8, 4) is 11.4 Å². The third kappa shape index (κ3) is 2.98. The molecule has 0 atom stereocenters. The van der Waals surface area contributed by atoms with Crippen molar-refractivity contribution in [1.29, 1.82) is 0 Å². The van der Waals surface area contributed by atoms with E-state index in [4.69, 9.17) is 4.98 Å². The third-order valence-electron chi connectivity index (χ3n) is 3.29.